The zero-order valence-corrected chi connectivity index (χ0v) is 11.7. The Morgan fingerprint density at radius 1 is 1.00 bits per heavy atom. The number of Topliss-reactive ketones (excluding diaryl/α,β-unsaturated/α-hetero) is 1. The summed E-state index contributed by atoms with van der Waals surface area (Å²) >= 11 is 0. The van der Waals surface area contributed by atoms with Crippen LogP contribution in [0.4, 0.5) is 0 Å². The molecule has 2 heteroatoms. The maximum Gasteiger partial charge on any atom is 0.146 e. The number of hydrogen-bond donors (Lipinski definition) is 1. The third-order valence-electron chi connectivity index (χ3n) is 6.49. The van der Waals surface area contributed by atoms with Crippen molar-refractivity contribution in [3.63, 3.8) is 0 Å². The van der Waals surface area contributed by atoms with Gasteiger partial charge in [0.1, 0.15) is 5.78 Å². The van der Waals surface area contributed by atoms with E-state index in [2.05, 4.69) is 17.5 Å². The highest BCUT2D eigenvalue weighted by Crippen LogP contribution is 2.54. The number of allylic oxidation sites excluding steroid dienone is 2. The predicted molar refractivity (Wildman–Crippen MR) is 75.7 cm³/mol. The average Bonchev–Trinajstić information content (AvgIpc) is 2.80. The number of carbonyl (C=O) groups excluding carboxylic acids is 1. The van der Waals surface area contributed by atoms with Crippen LogP contribution in [-0.4, -0.2) is 18.9 Å². The minimum absolute atomic E-state index is 0.446. The van der Waals surface area contributed by atoms with Crippen molar-refractivity contribution in [1.82, 2.24) is 5.32 Å². The van der Waals surface area contributed by atoms with Gasteiger partial charge in [0.2, 0.25) is 0 Å². The van der Waals surface area contributed by atoms with E-state index in [9.17, 15) is 4.79 Å². The van der Waals surface area contributed by atoms with Crippen molar-refractivity contribution in [2.45, 2.75) is 38.5 Å². The number of nitrogens with one attached hydrogen (secondary N) is 1. The maximum atomic E-state index is 11.8. The van der Waals surface area contributed by atoms with Gasteiger partial charge in [-0.3, -0.25) is 4.79 Å². The Labute approximate surface area is 116 Å². The SMILES string of the molecule is O=C1CNCC2C(CCC3C4CC=CC4CCC23)C1. The second kappa shape index (κ2) is 4.73. The molecule has 19 heavy (non-hydrogen) atoms. The first-order valence-electron chi connectivity index (χ1n) is 8.22. The summed E-state index contributed by atoms with van der Waals surface area (Å²) in [5.41, 5.74) is 0. The fourth-order valence-electron chi connectivity index (χ4n) is 5.69. The van der Waals surface area contributed by atoms with E-state index in [1.54, 1.807) is 0 Å². The Morgan fingerprint density at radius 2 is 1.84 bits per heavy atom. The molecule has 0 bridgehead atoms. The Morgan fingerprint density at radius 3 is 2.79 bits per heavy atom. The predicted octanol–water partition coefficient (Wildman–Crippen LogP) is 2.79. The molecule has 3 fully saturated rings. The topological polar surface area (TPSA) is 29.1 Å². The zero-order valence-electron chi connectivity index (χ0n) is 11.7. The van der Waals surface area contributed by atoms with Gasteiger partial charge in [-0.2, -0.15) is 0 Å². The largest absolute Gasteiger partial charge is 0.310 e. The van der Waals surface area contributed by atoms with Crippen LogP contribution in [0.25, 0.3) is 0 Å². The van der Waals surface area contributed by atoms with E-state index in [1.165, 1.54) is 32.1 Å². The summed E-state index contributed by atoms with van der Waals surface area (Å²) in [5, 5.41) is 3.42. The number of ketones is 1. The van der Waals surface area contributed by atoms with Crippen LogP contribution in [0, 0.1) is 35.5 Å². The molecule has 6 unspecified atom stereocenters. The monoisotopic (exact) mass is 259 g/mol. The molecule has 0 amide bonds. The van der Waals surface area contributed by atoms with Gasteiger partial charge in [0.15, 0.2) is 0 Å². The van der Waals surface area contributed by atoms with Gasteiger partial charge in [0, 0.05) is 6.42 Å². The molecule has 4 aliphatic rings. The molecule has 1 aliphatic heterocycles. The first-order chi connectivity index (χ1) is 9.33. The van der Waals surface area contributed by atoms with Crippen LogP contribution in [0.3, 0.4) is 0 Å². The number of rotatable bonds is 0. The third kappa shape index (κ3) is 1.99. The van der Waals surface area contributed by atoms with Gasteiger partial charge in [0.05, 0.1) is 6.54 Å². The lowest BCUT2D eigenvalue weighted by Gasteiger charge is -2.49. The molecular weight excluding hydrogens is 234 g/mol. The van der Waals surface area contributed by atoms with Gasteiger partial charge in [-0.05, 0) is 74.2 Å². The van der Waals surface area contributed by atoms with Crippen LogP contribution in [0.1, 0.15) is 38.5 Å². The second-order valence-corrected chi connectivity index (χ2v) is 7.27. The lowest BCUT2D eigenvalue weighted by molar-refractivity contribution is -0.119. The van der Waals surface area contributed by atoms with Crippen LogP contribution in [0.15, 0.2) is 12.2 Å². The van der Waals surface area contributed by atoms with Crippen LogP contribution in [0.2, 0.25) is 0 Å². The summed E-state index contributed by atoms with van der Waals surface area (Å²) in [6, 6.07) is 0. The van der Waals surface area contributed by atoms with E-state index in [1.807, 2.05) is 0 Å². The van der Waals surface area contributed by atoms with Gasteiger partial charge in [0.25, 0.3) is 0 Å². The summed E-state index contributed by atoms with van der Waals surface area (Å²) in [6.07, 6.45) is 12.6. The highest BCUT2D eigenvalue weighted by Gasteiger charge is 2.47. The number of carbonyl (C=O) groups is 1. The summed E-state index contributed by atoms with van der Waals surface area (Å²) in [4.78, 5) is 11.8. The van der Waals surface area contributed by atoms with Crippen LogP contribution in [0.5, 0.6) is 0 Å². The van der Waals surface area contributed by atoms with E-state index in [4.69, 9.17) is 0 Å². The lowest BCUT2D eigenvalue weighted by Crippen LogP contribution is -2.45. The first kappa shape index (κ1) is 12.1. The number of hydrogen-bond acceptors (Lipinski definition) is 2. The van der Waals surface area contributed by atoms with Gasteiger partial charge < -0.3 is 5.32 Å². The smallest absolute Gasteiger partial charge is 0.146 e. The molecule has 0 spiro atoms. The van der Waals surface area contributed by atoms with Crippen LogP contribution < -0.4 is 5.32 Å². The average molecular weight is 259 g/mol. The molecule has 2 saturated carbocycles. The van der Waals surface area contributed by atoms with Crippen molar-refractivity contribution in [2.75, 3.05) is 13.1 Å². The van der Waals surface area contributed by atoms with Gasteiger partial charge in [-0.15, -0.1) is 0 Å². The lowest BCUT2D eigenvalue weighted by atomic mass is 9.56. The summed E-state index contributed by atoms with van der Waals surface area (Å²) in [7, 11) is 0. The highest BCUT2D eigenvalue weighted by atomic mass is 16.1. The summed E-state index contributed by atoms with van der Waals surface area (Å²) in [6.45, 7) is 1.72. The quantitative estimate of drug-likeness (QED) is 0.678. The van der Waals surface area contributed by atoms with E-state index < -0.39 is 0 Å². The van der Waals surface area contributed by atoms with Crippen molar-refractivity contribution in [1.29, 1.82) is 0 Å². The van der Waals surface area contributed by atoms with Gasteiger partial charge in [-0.25, -0.2) is 0 Å². The summed E-state index contributed by atoms with van der Waals surface area (Å²) in [5.74, 6) is 5.60. The van der Waals surface area contributed by atoms with Crippen molar-refractivity contribution in [3.8, 4) is 0 Å². The fraction of sp³-hybridized carbons (Fsp3) is 0.824. The third-order valence-corrected chi connectivity index (χ3v) is 6.49. The molecule has 0 aromatic carbocycles. The first-order valence-corrected chi connectivity index (χ1v) is 8.22. The Balaban J connectivity index is 1.56. The minimum atomic E-state index is 0.446. The molecule has 1 saturated heterocycles. The summed E-state index contributed by atoms with van der Waals surface area (Å²) < 4.78 is 0. The van der Waals surface area contributed by atoms with Gasteiger partial charge in [-0.1, -0.05) is 12.2 Å². The Bertz CT molecular complexity index is 402. The minimum Gasteiger partial charge on any atom is -0.310 e. The maximum absolute atomic E-state index is 11.8. The molecule has 1 heterocycles. The second-order valence-electron chi connectivity index (χ2n) is 7.27. The van der Waals surface area contributed by atoms with E-state index in [0.717, 1.165) is 42.6 Å². The molecule has 104 valence electrons. The molecule has 2 nitrogen and oxygen atoms in total. The van der Waals surface area contributed by atoms with E-state index >= 15 is 0 Å². The van der Waals surface area contributed by atoms with Crippen LogP contribution in [-0.2, 0) is 4.79 Å². The Hall–Kier alpha value is -0.630. The van der Waals surface area contributed by atoms with Crippen molar-refractivity contribution < 1.29 is 4.79 Å². The van der Waals surface area contributed by atoms with Crippen molar-refractivity contribution >= 4 is 5.78 Å². The Kier molecular flexibility index (Phi) is 3.02. The van der Waals surface area contributed by atoms with Crippen LogP contribution >= 0.6 is 0 Å². The molecule has 1 N–H and O–H groups in total. The van der Waals surface area contributed by atoms with Crippen molar-refractivity contribution in [2.24, 2.45) is 35.5 Å². The molecule has 4 rings (SSSR count). The zero-order chi connectivity index (χ0) is 12.8. The standard InChI is InChI=1S/C17H25NO/c19-13-8-12-5-7-15-14-3-1-2-11(14)4-6-16(15)17(12)10-18-9-13/h1-2,11-12,14-18H,3-10H2. The molecule has 0 aromatic heterocycles. The molecule has 3 aliphatic carbocycles. The molecular formula is C17H25NO. The highest BCUT2D eigenvalue weighted by molar-refractivity contribution is 5.81. The van der Waals surface area contributed by atoms with Gasteiger partial charge >= 0.3 is 0 Å². The normalized spacial score (nSPS) is 49.2. The molecule has 0 aromatic rings. The fourth-order valence-corrected chi connectivity index (χ4v) is 5.69. The molecule has 0 radical (unpaired) electrons. The van der Waals surface area contributed by atoms with E-state index in [0.29, 0.717) is 18.2 Å². The number of fused-ring (bicyclic) bond motifs is 5. The molecule has 6 atom stereocenters. The van der Waals surface area contributed by atoms with E-state index in [-0.39, 0.29) is 0 Å². The van der Waals surface area contributed by atoms with Crippen molar-refractivity contribution in [3.05, 3.63) is 12.2 Å².